The Bertz CT molecular complexity index is 1340. The van der Waals surface area contributed by atoms with E-state index < -0.39 is 40.8 Å². The largest absolute Gasteiger partial charge is 0.468 e. The van der Waals surface area contributed by atoms with Crippen molar-refractivity contribution in [3.05, 3.63) is 46.3 Å². The number of nitrogens with zero attached hydrogens (tertiary/aromatic N) is 6. The molecule has 4 heterocycles. The van der Waals surface area contributed by atoms with Crippen LogP contribution in [-0.2, 0) is 17.1 Å². The normalized spacial score (nSPS) is 15.5. The number of carbonyl (C=O) groups excluding carboxylic acids is 1. The summed E-state index contributed by atoms with van der Waals surface area (Å²) >= 11 is 1.02. The van der Waals surface area contributed by atoms with Crippen molar-refractivity contribution in [2.45, 2.75) is 25.3 Å². The molecule has 1 aliphatic heterocycles. The summed E-state index contributed by atoms with van der Waals surface area (Å²) in [6.07, 6.45) is -5.92. The number of rotatable bonds is 7. The van der Waals surface area contributed by atoms with Crippen LogP contribution in [0.3, 0.4) is 0 Å². The Balaban J connectivity index is 1.33. The zero-order chi connectivity index (χ0) is 27.7. The van der Waals surface area contributed by atoms with Crippen LogP contribution in [-0.4, -0.2) is 63.3 Å². The van der Waals surface area contributed by atoms with Crippen LogP contribution in [0.1, 0.15) is 18.1 Å². The Morgan fingerprint density at radius 3 is 2.39 bits per heavy atom. The molecular weight excluding hydrogens is 546 g/mol. The van der Waals surface area contributed by atoms with Crippen molar-refractivity contribution in [2.75, 3.05) is 41.4 Å². The maximum absolute atomic E-state index is 13.2. The lowest BCUT2D eigenvalue weighted by Crippen LogP contribution is -2.51. The quantitative estimate of drug-likeness (QED) is 0.416. The van der Waals surface area contributed by atoms with Gasteiger partial charge in [0, 0.05) is 25.5 Å². The summed E-state index contributed by atoms with van der Waals surface area (Å²) in [5, 5.41) is 8.26. The summed E-state index contributed by atoms with van der Waals surface area (Å²) in [5.41, 5.74) is -4.29. The Morgan fingerprint density at radius 2 is 1.76 bits per heavy atom. The van der Waals surface area contributed by atoms with Gasteiger partial charge in [0.2, 0.25) is 11.9 Å². The van der Waals surface area contributed by atoms with Gasteiger partial charge >= 0.3 is 12.4 Å². The smallest absolute Gasteiger partial charge is 0.423 e. The number of anilines is 3. The van der Waals surface area contributed by atoms with E-state index in [1.165, 1.54) is 22.9 Å². The lowest BCUT2D eigenvalue weighted by molar-refractivity contribution is -0.139. The fraction of sp³-hybridized carbons (Fsp3) is 0.400. The topological polar surface area (TPSA) is 129 Å². The number of hydrogen-bond acceptors (Lipinski definition) is 10. The van der Waals surface area contributed by atoms with Crippen molar-refractivity contribution < 1.29 is 35.9 Å². The molecule has 0 spiro atoms. The summed E-state index contributed by atoms with van der Waals surface area (Å²) < 4.78 is 83.2. The molecule has 1 atom stereocenters. The van der Waals surface area contributed by atoms with Gasteiger partial charge in [-0.2, -0.15) is 31.4 Å². The number of hydrogen-bond donors (Lipinski definition) is 2. The molecular formula is C20H18F6N8O3S. The van der Waals surface area contributed by atoms with E-state index in [1.54, 1.807) is 5.10 Å². The monoisotopic (exact) mass is 564 g/mol. The molecule has 0 aliphatic carbocycles. The first kappa shape index (κ1) is 27.1. The van der Waals surface area contributed by atoms with Gasteiger partial charge in [-0.15, -0.1) is 0 Å². The first-order valence-electron chi connectivity index (χ1n) is 10.8. The van der Waals surface area contributed by atoms with Crippen LogP contribution in [0, 0.1) is 0 Å². The molecule has 1 fully saturated rings. The van der Waals surface area contributed by atoms with Crippen molar-refractivity contribution >= 4 is 33.9 Å². The van der Waals surface area contributed by atoms with Crippen LogP contribution in [0.4, 0.5) is 43.0 Å². The van der Waals surface area contributed by atoms with Crippen molar-refractivity contribution in [2.24, 2.45) is 0 Å². The number of thiazole rings is 1. The first-order chi connectivity index (χ1) is 17.8. The minimum atomic E-state index is -4.89. The second-order valence-electron chi connectivity index (χ2n) is 8.04. The van der Waals surface area contributed by atoms with Crippen molar-refractivity contribution in [3.63, 3.8) is 0 Å². The molecule has 1 amide bonds. The zero-order valence-corrected chi connectivity index (χ0v) is 20.1. The summed E-state index contributed by atoms with van der Waals surface area (Å²) in [7, 11) is 0. The van der Waals surface area contributed by atoms with E-state index in [2.05, 4.69) is 25.4 Å². The number of ether oxygens (including phenoxy) is 1. The molecule has 3 aromatic heterocycles. The molecule has 2 N–H and O–H groups in total. The van der Waals surface area contributed by atoms with Gasteiger partial charge in [0.25, 0.3) is 10.8 Å². The van der Waals surface area contributed by atoms with E-state index in [9.17, 15) is 35.9 Å². The van der Waals surface area contributed by atoms with E-state index in [0.717, 1.165) is 17.5 Å². The Morgan fingerprint density at radius 1 is 1.05 bits per heavy atom. The third kappa shape index (κ3) is 6.12. The first-order valence-corrected chi connectivity index (χ1v) is 11.6. The maximum atomic E-state index is 13.2. The molecule has 11 nitrogen and oxygen atoms in total. The molecule has 0 bridgehead atoms. The average molecular weight is 564 g/mol. The predicted octanol–water partition coefficient (Wildman–Crippen LogP) is 2.79. The minimum Gasteiger partial charge on any atom is -0.468 e. The van der Waals surface area contributed by atoms with E-state index >= 15 is 0 Å². The lowest BCUT2D eigenvalue weighted by atomic mass is 10.2. The fourth-order valence-corrected chi connectivity index (χ4v) is 4.26. The van der Waals surface area contributed by atoms with Gasteiger partial charge in [0.05, 0.1) is 29.7 Å². The minimum absolute atomic E-state index is 0.00917. The number of piperazine rings is 1. The molecule has 3 aromatic rings. The van der Waals surface area contributed by atoms with Gasteiger partial charge in [-0.3, -0.25) is 14.5 Å². The van der Waals surface area contributed by atoms with Gasteiger partial charge in [-0.1, -0.05) is 11.3 Å². The maximum Gasteiger partial charge on any atom is 0.423 e. The number of aromatic amines is 1. The van der Waals surface area contributed by atoms with Gasteiger partial charge in [-0.05, 0) is 6.92 Å². The zero-order valence-electron chi connectivity index (χ0n) is 19.3. The number of carbonyl (C=O) groups is 1. The highest BCUT2D eigenvalue weighted by Gasteiger charge is 2.37. The van der Waals surface area contributed by atoms with Crippen LogP contribution < -0.4 is 25.4 Å². The molecule has 1 saturated heterocycles. The SMILES string of the molecule is C[C@@H](COc1ncc(N2CCN(c3ncc(C(F)(F)F)cn3)CC2=O)s1)Nc1cn[nH]c(=O)c1C(F)(F)F. The summed E-state index contributed by atoms with van der Waals surface area (Å²) in [6, 6.07) is -0.680. The van der Waals surface area contributed by atoms with Crippen molar-refractivity contribution in [1.82, 2.24) is 25.1 Å². The number of halogens is 6. The van der Waals surface area contributed by atoms with E-state index in [-0.39, 0.29) is 43.3 Å². The highest BCUT2D eigenvalue weighted by molar-refractivity contribution is 7.17. The third-order valence-electron chi connectivity index (χ3n) is 5.21. The number of amides is 1. The van der Waals surface area contributed by atoms with E-state index in [1.807, 2.05) is 0 Å². The van der Waals surface area contributed by atoms with Crippen LogP contribution in [0.2, 0.25) is 0 Å². The Kier molecular flexibility index (Phi) is 7.43. The van der Waals surface area contributed by atoms with Gasteiger partial charge < -0.3 is 15.0 Å². The van der Waals surface area contributed by atoms with Crippen LogP contribution in [0.5, 0.6) is 5.19 Å². The number of alkyl halides is 6. The van der Waals surface area contributed by atoms with Gasteiger partial charge in [0.15, 0.2) is 0 Å². The molecule has 0 aromatic carbocycles. The molecule has 4 rings (SSSR count). The lowest BCUT2D eigenvalue weighted by Gasteiger charge is -2.33. The number of aromatic nitrogens is 5. The predicted molar refractivity (Wildman–Crippen MR) is 122 cm³/mol. The van der Waals surface area contributed by atoms with Crippen LogP contribution in [0.25, 0.3) is 0 Å². The fourth-order valence-electron chi connectivity index (χ4n) is 3.44. The highest BCUT2D eigenvalue weighted by atomic mass is 32.1. The van der Waals surface area contributed by atoms with Gasteiger partial charge in [0.1, 0.15) is 23.7 Å². The Hall–Kier alpha value is -3.96. The number of nitrogens with one attached hydrogen (secondary N) is 2. The molecule has 38 heavy (non-hydrogen) atoms. The molecule has 1 aliphatic rings. The number of H-pyrrole nitrogens is 1. The Labute approximate surface area is 213 Å². The average Bonchev–Trinajstić information content (AvgIpc) is 3.30. The van der Waals surface area contributed by atoms with Crippen molar-refractivity contribution in [3.8, 4) is 5.19 Å². The molecule has 0 saturated carbocycles. The molecule has 18 heteroatoms. The molecule has 0 radical (unpaired) electrons. The summed E-state index contributed by atoms with van der Waals surface area (Å²) in [4.78, 5) is 38.6. The molecule has 204 valence electrons. The summed E-state index contributed by atoms with van der Waals surface area (Å²) in [5.74, 6) is -0.378. The standard InChI is InChI=1S/C20H18F6N8O3S/c1-10(31-12-6-30-32-16(36)15(12)20(24,25)26)9-37-18-29-7-14(38-18)34-3-2-33(8-13(34)35)17-27-4-11(5-28-17)19(21,22)23/h4-7,10H,2-3,8-9H2,1H3,(H2,31,32,36)/t10-/m0/s1. The second kappa shape index (κ2) is 10.4. The van der Waals surface area contributed by atoms with Crippen LogP contribution in [0.15, 0.2) is 29.6 Å². The van der Waals surface area contributed by atoms with E-state index in [4.69, 9.17) is 4.74 Å². The molecule has 0 unspecified atom stereocenters. The highest BCUT2D eigenvalue weighted by Crippen LogP contribution is 2.33. The summed E-state index contributed by atoms with van der Waals surface area (Å²) in [6.45, 7) is 1.66. The van der Waals surface area contributed by atoms with Gasteiger partial charge in [-0.25, -0.2) is 20.1 Å². The van der Waals surface area contributed by atoms with Crippen LogP contribution >= 0.6 is 11.3 Å². The van der Waals surface area contributed by atoms with E-state index in [0.29, 0.717) is 17.4 Å². The second-order valence-corrected chi connectivity index (χ2v) is 9.01. The van der Waals surface area contributed by atoms with Crippen molar-refractivity contribution in [1.29, 1.82) is 0 Å². The third-order valence-corrected chi connectivity index (χ3v) is 6.14.